The van der Waals surface area contributed by atoms with E-state index in [1.165, 1.54) is 0 Å². The lowest BCUT2D eigenvalue weighted by molar-refractivity contribution is 0.0918. The van der Waals surface area contributed by atoms with Crippen molar-refractivity contribution in [1.29, 1.82) is 0 Å². The molecule has 0 aromatic rings. The zero-order chi connectivity index (χ0) is 10.8. The fourth-order valence-electron chi connectivity index (χ4n) is 1.21. The Labute approximate surface area is 89.0 Å². The third-order valence-electron chi connectivity index (χ3n) is 2.60. The summed E-state index contributed by atoms with van der Waals surface area (Å²) in [6, 6.07) is 0. The van der Waals surface area contributed by atoms with E-state index in [-0.39, 0.29) is 0 Å². The molecule has 86 valence electrons. The van der Waals surface area contributed by atoms with Crippen molar-refractivity contribution in [1.82, 2.24) is 9.80 Å². The first kappa shape index (κ1) is 13.9. The Morgan fingerprint density at radius 2 is 1.43 bits per heavy atom. The van der Waals surface area contributed by atoms with Gasteiger partial charge in [-0.1, -0.05) is 20.8 Å². The third-order valence-corrected chi connectivity index (χ3v) is 2.60. The maximum Gasteiger partial charge on any atom is 0.0594 e. The van der Waals surface area contributed by atoms with Crippen LogP contribution in [-0.2, 0) is 4.74 Å². The van der Waals surface area contributed by atoms with E-state index < -0.39 is 0 Å². The molecule has 0 rings (SSSR count). The molecule has 0 aliphatic heterocycles. The lowest BCUT2D eigenvalue weighted by atomic mass is 10.5. The minimum atomic E-state index is 0.853. The highest BCUT2D eigenvalue weighted by Gasteiger charge is 1.98. The van der Waals surface area contributed by atoms with Crippen molar-refractivity contribution in [3.8, 4) is 0 Å². The number of likely N-dealkylation sites (N-methyl/N-ethyl adjacent to an activating group) is 2. The van der Waals surface area contributed by atoms with Crippen LogP contribution in [0.15, 0.2) is 0 Å². The molecule has 0 amide bonds. The van der Waals surface area contributed by atoms with E-state index in [1.807, 2.05) is 0 Å². The Kier molecular flexibility index (Phi) is 9.35. The summed E-state index contributed by atoms with van der Waals surface area (Å²) in [4.78, 5) is 4.64. The lowest BCUT2D eigenvalue weighted by Crippen LogP contribution is -2.28. The van der Waals surface area contributed by atoms with Crippen LogP contribution in [0.1, 0.15) is 20.8 Å². The van der Waals surface area contributed by atoms with E-state index in [2.05, 4.69) is 37.6 Å². The number of nitrogens with zero attached hydrogens (tertiary/aromatic N) is 2. The molecule has 0 aliphatic carbocycles. The Balaban J connectivity index is 3.20. The first-order chi connectivity index (χ1) is 6.74. The monoisotopic (exact) mass is 202 g/mol. The summed E-state index contributed by atoms with van der Waals surface area (Å²) in [5, 5.41) is 0. The highest BCUT2D eigenvalue weighted by atomic mass is 16.5. The van der Waals surface area contributed by atoms with Gasteiger partial charge in [0.2, 0.25) is 0 Å². The largest absolute Gasteiger partial charge is 0.379 e. The molecule has 0 radical (unpaired) electrons. The van der Waals surface area contributed by atoms with Gasteiger partial charge in [-0.15, -0.1) is 0 Å². The van der Waals surface area contributed by atoms with Crippen molar-refractivity contribution in [2.24, 2.45) is 0 Å². The summed E-state index contributed by atoms with van der Waals surface area (Å²) < 4.78 is 5.56. The molecule has 0 aliphatic rings. The van der Waals surface area contributed by atoms with Crippen molar-refractivity contribution in [2.75, 3.05) is 53.0 Å². The van der Waals surface area contributed by atoms with Crippen LogP contribution >= 0.6 is 0 Å². The minimum absolute atomic E-state index is 0.853. The molecular weight excluding hydrogens is 176 g/mol. The fourth-order valence-corrected chi connectivity index (χ4v) is 1.21. The van der Waals surface area contributed by atoms with Gasteiger partial charge in [-0.05, 0) is 26.7 Å². The van der Waals surface area contributed by atoms with Crippen LogP contribution in [0.25, 0.3) is 0 Å². The Bertz CT molecular complexity index is 116. The van der Waals surface area contributed by atoms with Gasteiger partial charge in [0.25, 0.3) is 0 Å². The van der Waals surface area contributed by atoms with Crippen LogP contribution < -0.4 is 0 Å². The van der Waals surface area contributed by atoms with Crippen molar-refractivity contribution in [2.45, 2.75) is 20.8 Å². The average Bonchev–Trinajstić information content (AvgIpc) is 2.23. The topological polar surface area (TPSA) is 15.7 Å². The minimum Gasteiger partial charge on any atom is -0.379 e. The standard InChI is InChI=1S/C11H26N2O/c1-5-12(4)8-10-14-11-9-13(6-2)7-3/h5-11H2,1-4H3. The number of rotatable bonds is 9. The molecule has 0 heterocycles. The molecule has 0 atom stereocenters. The summed E-state index contributed by atoms with van der Waals surface area (Å²) >= 11 is 0. The smallest absolute Gasteiger partial charge is 0.0594 e. The van der Waals surface area contributed by atoms with Gasteiger partial charge in [-0.25, -0.2) is 0 Å². The molecule has 0 bridgehead atoms. The summed E-state index contributed by atoms with van der Waals surface area (Å²) in [7, 11) is 2.12. The van der Waals surface area contributed by atoms with E-state index in [4.69, 9.17) is 4.74 Å². The van der Waals surface area contributed by atoms with Crippen molar-refractivity contribution < 1.29 is 4.74 Å². The number of hydrogen-bond acceptors (Lipinski definition) is 3. The number of hydrogen-bond donors (Lipinski definition) is 0. The molecule has 0 N–H and O–H groups in total. The summed E-state index contributed by atoms with van der Waals surface area (Å²) in [5.41, 5.74) is 0. The highest BCUT2D eigenvalue weighted by molar-refractivity contribution is 4.51. The molecule has 0 unspecified atom stereocenters. The summed E-state index contributed by atoms with van der Waals surface area (Å²) in [6.07, 6.45) is 0. The molecule has 0 fully saturated rings. The van der Waals surface area contributed by atoms with Crippen LogP contribution in [0, 0.1) is 0 Å². The quantitative estimate of drug-likeness (QED) is 0.524. The van der Waals surface area contributed by atoms with Crippen LogP contribution in [0.2, 0.25) is 0 Å². The molecule has 0 saturated carbocycles. The lowest BCUT2D eigenvalue weighted by Gasteiger charge is -2.18. The zero-order valence-corrected chi connectivity index (χ0v) is 10.3. The van der Waals surface area contributed by atoms with E-state index in [9.17, 15) is 0 Å². The molecule has 0 spiro atoms. The van der Waals surface area contributed by atoms with Gasteiger partial charge in [-0.2, -0.15) is 0 Å². The maximum absolute atomic E-state index is 5.56. The van der Waals surface area contributed by atoms with Gasteiger partial charge in [-0.3, -0.25) is 0 Å². The second-order valence-electron chi connectivity index (χ2n) is 3.54. The third kappa shape index (κ3) is 7.30. The normalized spacial score (nSPS) is 11.6. The fraction of sp³-hybridized carbons (Fsp3) is 1.00. The van der Waals surface area contributed by atoms with Gasteiger partial charge in [0.1, 0.15) is 0 Å². The molecular formula is C11H26N2O. The molecule has 0 aromatic carbocycles. The zero-order valence-electron chi connectivity index (χ0n) is 10.3. The van der Waals surface area contributed by atoms with E-state index >= 15 is 0 Å². The predicted octanol–water partition coefficient (Wildman–Crippen LogP) is 1.30. The first-order valence-corrected chi connectivity index (χ1v) is 5.73. The van der Waals surface area contributed by atoms with E-state index in [0.29, 0.717) is 0 Å². The SMILES string of the molecule is CCN(C)CCOCCN(CC)CC. The predicted molar refractivity (Wildman–Crippen MR) is 61.8 cm³/mol. The van der Waals surface area contributed by atoms with Gasteiger partial charge in [0, 0.05) is 13.1 Å². The molecule has 0 aromatic heterocycles. The Hall–Kier alpha value is -0.120. The van der Waals surface area contributed by atoms with Crippen LogP contribution in [0.3, 0.4) is 0 Å². The van der Waals surface area contributed by atoms with Crippen molar-refractivity contribution in [3.05, 3.63) is 0 Å². The van der Waals surface area contributed by atoms with Crippen LogP contribution in [0.5, 0.6) is 0 Å². The second-order valence-corrected chi connectivity index (χ2v) is 3.54. The number of ether oxygens (including phenoxy) is 1. The van der Waals surface area contributed by atoms with Crippen molar-refractivity contribution in [3.63, 3.8) is 0 Å². The highest BCUT2D eigenvalue weighted by Crippen LogP contribution is 1.88. The van der Waals surface area contributed by atoms with E-state index in [0.717, 1.165) is 45.9 Å². The van der Waals surface area contributed by atoms with Crippen molar-refractivity contribution >= 4 is 0 Å². The maximum atomic E-state index is 5.56. The second kappa shape index (κ2) is 9.44. The Morgan fingerprint density at radius 1 is 0.857 bits per heavy atom. The Morgan fingerprint density at radius 3 is 1.93 bits per heavy atom. The summed E-state index contributed by atoms with van der Waals surface area (Å²) in [5.74, 6) is 0. The van der Waals surface area contributed by atoms with Crippen LogP contribution in [-0.4, -0.2) is 62.8 Å². The molecule has 3 nitrogen and oxygen atoms in total. The van der Waals surface area contributed by atoms with Gasteiger partial charge >= 0.3 is 0 Å². The molecule has 14 heavy (non-hydrogen) atoms. The van der Waals surface area contributed by atoms with Gasteiger partial charge in [0.05, 0.1) is 13.2 Å². The van der Waals surface area contributed by atoms with Gasteiger partial charge < -0.3 is 14.5 Å². The molecule has 3 heteroatoms. The van der Waals surface area contributed by atoms with Gasteiger partial charge in [0.15, 0.2) is 0 Å². The van der Waals surface area contributed by atoms with E-state index in [1.54, 1.807) is 0 Å². The average molecular weight is 202 g/mol. The van der Waals surface area contributed by atoms with Crippen LogP contribution in [0.4, 0.5) is 0 Å². The molecule has 0 saturated heterocycles. The summed E-state index contributed by atoms with van der Waals surface area (Å²) in [6.45, 7) is 13.7. The first-order valence-electron chi connectivity index (χ1n) is 5.73.